The molecule has 2 aliphatic heterocycles. The highest BCUT2D eigenvalue weighted by molar-refractivity contribution is 5.09. The van der Waals surface area contributed by atoms with E-state index in [9.17, 15) is 0 Å². The lowest BCUT2D eigenvalue weighted by Gasteiger charge is -2.28. The molecule has 0 saturated carbocycles. The molecule has 22 heavy (non-hydrogen) atoms. The lowest BCUT2D eigenvalue weighted by molar-refractivity contribution is 0.204. The molecular formula is C16H22N6. The second-order valence-electron chi connectivity index (χ2n) is 6.24. The number of rotatable bonds is 4. The molecule has 0 unspecified atom stereocenters. The Hall–Kier alpha value is -1.79. The fraction of sp³-hybridized carbons (Fsp3) is 0.562. The van der Waals surface area contributed by atoms with Gasteiger partial charge in [-0.2, -0.15) is 0 Å². The summed E-state index contributed by atoms with van der Waals surface area (Å²) in [5.74, 6) is 2.24. The van der Waals surface area contributed by atoms with Gasteiger partial charge in [0.15, 0.2) is 0 Å². The summed E-state index contributed by atoms with van der Waals surface area (Å²) in [7, 11) is 0. The van der Waals surface area contributed by atoms with Crippen LogP contribution in [0.3, 0.4) is 0 Å². The molecule has 0 amide bonds. The molecule has 6 nitrogen and oxygen atoms in total. The van der Waals surface area contributed by atoms with Crippen LogP contribution in [0.4, 0.5) is 0 Å². The van der Waals surface area contributed by atoms with Crippen LogP contribution in [-0.4, -0.2) is 49.2 Å². The lowest BCUT2D eigenvalue weighted by Crippen LogP contribution is -2.34. The Balaban J connectivity index is 1.42. The van der Waals surface area contributed by atoms with E-state index in [-0.39, 0.29) is 0 Å². The number of nitrogens with zero attached hydrogens (tertiary/aromatic N) is 6. The number of aromatic nitrogens is 4. The van der Waals surface area contributed by atoms with Crippen LogP contribution in [0.25, 0.3) is 0 Å². The molecule has 1 saturated heterocycles. The van der Waals surface area contributed by atoms with Crippen molar-refractivity contribution in [3.63, 3.8) is 0 Å². The third kappa shape index (κ3) is 2.89. The average molecular weight is 298 g/mol. The number of pyridine rings is 1. The number of fused-ring (bicyclic) bond motifs is 1. The van der Waals surface area contributed by atoms with E-state index in [0.29, 0.717) is 0 Å². The Labute approximate surface area is 130 Å². The molecule has 1 fully saturated rings. The molecule has 0 N–H and O–H groups in total. The van der Waals surface area contributed by atoms with Crippen LogP contribution in [-0.2, 0) is 26.2 Å². The van der Waals surface area contributed by atoms with Crippen LogP contribution in [0.2, 0.25) is 0 Å². The van der Waals surface area contributed by atoms with Crippen molar-refractivity contribution in [2.24, 2.45) is 0 Å². The van der Waals surface area contributed by atoms with Crippen LogP contribution < -0.4 is 0 Å². The summed E-state index contributed by atoms with van der Waals surface area (Å²) >= 11 is 0. The van der Waals surface area contributed by atoms with Crippen LogP contribution in [0.5, 0.6) is 0 Å². The van der Waals surface area contributed by atoms with Gasteiger partial charge < -0.3 is 4.57 Å². The number of likely N-dealkylation sites (tertiary alicyclic amines) is 1. The standard InChI is InChI=1S/C16H22N6/c1-2-7-20(6-1)12-15-18-19-16-13-21(8-9-22(15)16)11-14-4-3-5-17-10-14/h3-5,10H,1-2,6-9,11-13H2. The topological polar surface area (TPSA) is 50.1 Å². The molecule has 4 heterocycles. The largest absolute Gasteiger partial charge is 0.312 e. The number of hydrogen-bond acceptors (Lipinski definition) is 5. The minimum absolute atomic E-state index is 0.877. The Bertz CT molecular complexity index is 617. The molecule has 2 aliphatic rings. The maximum atomic E-state index is 4.44. The van der Waals surface area contributed by atoms with E-state index in [4.69, 9.17) is 0 Å². The van der Waals surface area contributed by atoms with E-state index in [1.165, 1.54) is 31.5 Å². The SMILES string of the molecule is c1cncc(CN2CCn3c(CN4CCCC4)nnc3C2)c1. The highest BCUT2D eigenvalue weighted by Gasteiger charge is 2.23. The summed E-state index contributed by atoms with van der Waals surface area (Å²) in [4.78, 5) is 9.09. The van der Waals surface area contributed by atoms with Gasteiger partial charge in [0.2, 0.25) is 0 Å². The molecule has 0 spiro atoms. The predicted octanol–water partition coefficient (Wildman–Crippen LogP) is 1.28. The first-order chi connectivity index (χ1) is 10.9. The summed E-state index contributed by atoms with van der Waals surface area (Å²) in [6.07, 6.45) is 6.40. The Morgan fingerprint density at radius 1 is 0.955 bits per heavy atom. The molecule has 116 valence electrons. The maximum Gasteiger partial charge on any atom is 0.147 e. The summed E-state index contributed by atoms with van der Waals surface area (Å²) < 4.78 is 2.32. The molecule has 0 atom stereocenters. The quantitative estimate of drug-likeness (QED) is 0.851. The van der Waals surface area contributed by atoms with E-state index in [1.807, 2.05) is 18.5 Å². The average Bonchev–Trinajstić information content (AvgIpc) is 3.19. The third-order valence-electron chi connectivity index (χ3n) is 4.60. The highest BCUT2D eigenvalue weighted by Crippen LogP contribution is 2.17. The van der Waals surface area contributed by atoms with E-state index < -0.39 is 0 Å². The van der Waals surface area contributed by atoms with Crippen molar-refractivity contribution in [1.82, 2.24) is 29.5 Å². The zero-order valence-corrected chi connectivity index (χ0v) is 12.9. The van der Waals surface area contributed by atoms with Crippen LogP contribution >= 0.6 is 0 Å². The molecule has 2 aromatic heterocycles. The molecule has 2 aromatic rings. The number of hydrogen-bond donors (Lipinski definition) is 0. The van der Waals surface area contributed by atoms with Crippen molar-refractivity contribution in [2.75, 3.05) is 19.6 Å². The highest BCUT2D eigenvalue weighted by atomic mass is 15.4. The van der Waals surface area contributed by atoms with E-state index in [0.717, 1.165) is 44.4 Å². The summed E-state index contributed by atoms with van der Waals surface area (Å²) in [5, 5.41) is 8.85. The monoisotopic (exact) mass is 298 g/mol. The molecule has 0 radical (unpaired) electrons. The van der Waals surface area contributed by atoms with Crippen LogP contribution in [0.15, 0.2) is 24.5 Å². The van der Waals surface area contributed by atoms with Crippen molar-refractivity contribution in [1.29, 1.82) is 0 Å². The zero-order valence-electron chi connectivity index (χ0n) is 12.9. The normalized spacial score (nSPS) is 19.5. The first-order valence-corrected chi connectivity index (χ1v) is 8.13. The van der Waals surface area contributed by atoms with Gasteiger partial charge in [0.1, 0.15) is 11.6 Å². The summed E-state index contributed by atoms with van der Waals surface area (Å²) in [5.41, 5.74) is 1.26. The van der Waals surface area contributed by atoms with Crippen molar-refractivity contribution in [3.8, 4) is 0 Å². The van der Waals surface area contributed by atoms with Gasteiger partial charge in [-0.05, 0) is 37.6 Å². The van der Waals surface area contributed by atoms with Crippen molar-refractivity contribution < 1.29 is 0 Å². The van der Waals surface area contributed by atoms with Gasteiger partial charge in [-0.25, -0.2) is 0 Å². The third-order valence-corrected chi connectivity index (χ3v) is 4.60. The predicted molar refractivity (Wildman–Crippen MR) is 82.9 cm³/mol. The van der Waals surface area contributed by atoms with Gasteiger partial charge in [-0.1, -0.05) is 6.07 Å². The van der Waals surface area contributed by atoms with E-state index >= 15 is 0 Å². The van der Waals surface area contributed by atoms with Crippen LogP contribution in [0, 0.1) is 0 Å². The lowest BCUT2D eigenvalue weighted by atomic mass is 10.2. The summed E-state index contributed by atoms with van der Waals surface area (Å²) in [6, 6.07) is 4.13. The fourth-order valence-electron chi connectivity index (χ4n) is 3.41. The molecule has 6 heteroatoms. The minimum Gasteiger partial charge on any atom is -0.312 e. The Morgan fingerprint density at radius 3 is 2.68 bits per heavy atom. The Morgan fingerprint density at radius 2 is 1.86 bits per heavy atom. The van der Waals surface area contributed by atoms with Crippen molar-refractivity contribution >= 4 is 0 Å². The van der Waals surface area contributed by atoms with E-state index in [2.05, 4.69) is 35.6 Å². The first kappa shape index (κ1) is 13.8. The van der Waals surface area contributed by atoms with Gasteiger partial charge in [-0.15, -0.1) is 10.2 Å². The fourth-order valence-corrected chi connectivity index (χ4v) is 3.41. The smallest absolute Gasteiger partial charge is 0.147 e. The van der Waals surface area contributed by atoms with Crippen LogP contribution in [0.1, 0.15) is 30.1 Å². The van der Waals surface area contributed by atoms with E-state index in [1.54, 1.807) is 0 Å². The van der Waals surface area contributed by atoms with Crippen molar-refractivity contribution in [3.05, 3.63) is 41.7 Å². The van der Waals surface area contributed by atoms with Gasteiger partial charge in [-0.3, -0.25) is 14.8 Å². The van der Waals surface area contributed by atoms with Gasteiger partial charge >= 0.3 is 0 Å². The van der Waals surface area contributed by atoms with Gasteiger partial charge in [0.05, 0.1) is 13.1 Å². The minimum atomic E-state index is 0.877. The molecule has 0 aromatic carbocycles. The molecule has 0 aliphatic carbocycles. The molecular weight excluding hydrogens is 276 g/mol. The van der Waals surface area contributed by atoms with Gasteiger partial charge in [0, 0.05) is 32.0 Å². The molecule has 4 rings (SSSR count). The zero-order chi connectivity index (χ0) is 14.8. The molecule has 0 bridgehead atoms. The van der Waals surface area contributed by atoms with Gasteiger partial charge in [0.25, 0.3) is 0 Å². The maximum absolute atomic E-state index is 4.44. The van der Waals surface area contributed by atoms with Crippen molar-refractivity contribution in [2.45, 2.75) is 39.0 Å². The summed E-state index contributed by atoms with van der Waals surface area (Å²) in [6.45, 7) is 7.21. The Kier molecular flexibility index (Phi) is 3.86. The second kappa shape index (κ2) is 6.14. The first-order valence-electron chi connectivity index (χ1n) is 8.13. The second-order valence-corrected chi connectivity index (χ2v) is 6.24.